The summed E-state index contributed by atoms with van der Waals surface area (Å²) in [6.45, 7) is 0.845. The number of benzene rings is 1. The molecule has 1 aliphatic carbocycles. The molecule has 1 heterocycles. The first kappa shape index (κ1) is 13.0. The van der Waals surface area contributed by atoms with E-state index < -0.39 is 0 Å². The monoisotopic (exact) mass is 259 g/mol. The third-order valence-electron chi connectivity index (χ3n) is 4.78. The van der Waals surface area contributed by atoms with Gasteiger partial charge in [0.15, 0.2) is 0 Å². The maximum atomic E-state index is 6.40. The van der Waals surface area contributed by atoms with Gasteiger partial charge in [0.25, 0.3) is 0 Å². The largest absolute Gasteiger partial charge is 0.493 e. The molecule has 2 atom stereocenters. The van der Waals surface area contributed by atoms with Crippen molar-refractivity contribution in [2.24, 2.45) is 11.7 Å². The number of para-hydroxylation sites is 1. The van der Waals surface area contributed by atoms with Crippen molar-refractivity contribution >= 4 is 0 Å². The van der Waals surface area contributed by atoms with Crippen LogP contribution in [0.4, 0.5) is 0 Å². The topological polar surface area (TPSA) is 35.2 Å². The number of nitrogens with two attached hydrogens (primary N) is 1. The maximum absolute atomic E-state index is 6.40. The molecule has 0 saturated heterocycles. The number of fused-ring (bicyclic) bond motifs is 1. The van der Waals surface area contributed by atoms with Gasteiger partial charge in [0.2, 0.25) is 0 Å². The predicted molar refractivity (Wildman–Crippen MR) is 78.5 cm³/mol. The summed E-state index contributed by atoms with van der Waals surface area (Å²) in [6, 6.07) is 8.83. The van der Waals surface area contributed by atoms with E-state index in [1.165, 1.54) is 37.7 Å². The van der Waals surface area contributed by atoms with Crippen LogP contribution in [0.15, 0.2) is 24.3 Å². The molecule has 2 heteroatoms. The Kier molecular flexibility index (Phi) is 4.07. The van der Waals surface area contributed by atoms with Crippen molar-refractivity contribution in [1.82, 2.24) is 0 Å². The highest BCUT2D eigenvalue weighted by atomic mass is 16.5. The van der Waals surface area contributed by atoms with Crippen LogP contribution in [0.3, 0.4) is 0 Å². The minimum atomic E-state index is 0.360. The predicted octanol–water partition coefficient (Wildman–Crippen LogP) is 3.85. The van der Waals surface area contributed by atoms with Crippen LogP contribution in [0.2, 0.25) is 0 Å². The first-order valence-corrected chi connectivity index (χ1v) is 7.80. The molecule has 1 aromatic rings. The molecule has 1 saturated carbocycles. The second-order valence-electron chi connectivity index (χ2n) is 6.25. The van der Waals surface area contributed by atoms with Crippen molar-refractivity contribution in [3.8, 4) is 5.75 Å². The van der Waals surface area contributed by atoms with Gasteiger partial charge in [-0.3, -0.25) is 0 Å². The van der Waals surface area contributed by atoms with Gasteiger partial charge in [0.1, 0.15) is 5.75 Å². The lowest BCUT2D eigenvalue weighted by molar-refractivity contribution is 0.255. The molecule has 104 valence electrons. The summed E-state index contributed by atoms with van der Waals surface area (Å²) in [5, 5.41) is 0. The van der Waals surface area contributed by atoms with Crippen molar-refractivity contribution in [3.63, 3.8) is 0 Å². The Balaban J connectivity index is 1.60. The Morgan fingerprint density at radius 3 is 2.74 bits per heavy atom. The number of hydrogen-bond acceptors (Lipinski definition) is 2. The van der Waals surface area contributed by atoms with E-state index in [0.29, 0.717) is 12.0 Å². The zero-order chi connectivity index (χ0) is 13.1. The minimum absolute atomic E-state index is 0.360. The average Bonchev–Trinajstić information content (AvgIpc) is 2.92. The molecule has 0 radical (unpaired) electrons. The van der Waals surface area contributed by atoms with E-state index in [0.717, 1.165) is 31.1 Å². The molecule has 2 unspecified atom stereocenters. The lowest BCUT2D eigenvalue weighted by Gasteiger charge is -2.28. The third-order valence-corrected chi connectivity index (χ3v) is 4.78. The Morgan fingerprint density at radius 2 is 1.89 bits per heavy atom. The van der Waals surface area contributed by atoms with E-state index in [1.807, 2.05) is 0 Å². The summed E-state index contributed by atoms with van der Waals surface area (Å²) >= 11 is 0. The van der Waals surface area contributed by atoms with Crippen molar-refractivity contribution in [3.05, 3.63) is 29.8 Å². The van der Waals surface area contributed by atoms with Gasteiger partial charge in [-0.1, -0.05) is 43.9 Å². The van der Waals surface area contributed by atoms with Crippen molar-refractivity contribution in [1.29, 1.82) is 0 Å². The van der Waals surface area contributed by atoms with Gasteiger partial charge in [-0.05, 0) is 42.7 Å². The van der Waals surface area contributed by atoms with Crippen molar-refractivity contribution in [2.75, 3.05) is 6.61 Å². The van der Waals surface area contributed by atoms with Crippen LogP contribution in [0, 0.1) is 5.92 Å². The molecule has 3 rings (SSSR count). The summed E-state index contributed by atoms with van der Waals surface area (Å²) in [4.78, 5) is 0. The molecule has 0 aromatic heterocycles. The van der Waals surface area contributed by atoms with E-state index >= 15 is 0 Å². The third kappa shape index (κ3) is 3.11. The van der Waals surface area contributed by atoms with Crippen molar-refractivity contribution < 1.29 is 4.74 Å². The molecule has 2 N–H and O–H groups in total. The molecule has 19 heavy (non-hydrogen) atoms. The zero-order valence-corrected chi connectivity index (χ0v) is 11.7. The van der Waals surface area contributed by atoms with Crippen LogP contribution in [0.1, 0.15) is 56.4 Å². The lowest BCUT2D eigenvalue weighted by atomic mass is 9.85. The fraction of sp³-hybridized carbons (Fsp3) is 0.647. The maximum Gasteiger partial charge on any atom is 0.122 e. The van der Waals surface area contributed by atoms with Crippen LogP contribution in [0.25, 0.3) is 0 Å². The fourth-order valence-corrected chi connectivity index (χ4v) is 3.80. The van der Waals surface area contributed by atoms with Gasteiger partial charge >= 0.3 is 0 Å². The van der Waals surface area contributed by atoms with Crippen LogP contribution < -0.4 is 10.5 Å². The Hall–Kier alpha value is -1.02. The molecule has 1 fully saturated rings. The molecule has 2 aliphatic rings. The van der Waals surface area contributed by atoms with Gasteiger partial charge in [0, 0.05) is 6.04 Å². The molecule has 0 bridgehead atoms. The van der Waals surface area contributed by atoms with E-state index in [1.54, 1.807) is 0 Å². The second kappa shape index (κ2) is 5.96. The minimum Gasteiger partial charge on any atom is -0.493 e. The smallest absolute Gasteiger partial charge is 0.122 e. The SMILES string of the molecule is NC(CC1CCCC1)CC1CCOc2ccccc21. The van der Waals surface area contributed by atoms with Crippen molar-refractivity contribution in [2.45, 2.75) is 56.9 Å². The van der Waals surface area contributed by atoms with E-state index in [9.17, 15) is 0 Å². The van der Waals surface area contributed by atoms with Gasteiger partial charge in [0.05, 0.1) is 6.61 Å². The van der Waals surface area contributed by atoms with Gasteiger partial charge in [-0.15, -0.1) is 0 Å². The van der Waals surface area contributed by atoms with Gasteiger partial charge in [-0.2, -0.15) is 0 Å². The normalized spacial score (nSPS) is 24.8. The molecule has 0 spiro atoms. The second-order valence-corrected chi connectivity index (χ2v) is 6.25. The Labute approximate surface area is 116 Å². The molecule has 0 amide bonds. The Morgan fingerprint density at radius 1 is 1.11 bits per heavy atom. The highest BCUT2D eigenvalue weighted by Gasteiger charge is 2.25. The van der Waals surface area contributed by atoms with Gasteiger partial charge < -0.3 is 10.5 Å². The lowest BCUT2D eigenvalue weighted by Crippen LogP contribution is -2.27. The van der Waals surface area contributed by atoms with Crippen LogP contribution in [-0.2, 0) is 0 Å². The van der Waals surface area contributed by atoms with E-state index in [-0.39, 0.29) is 0 Å². The Bertz CT molecular complexity index is 411. The standard InChI is InChI=1S/C17H25NO/c18-15(11-13-5-1-2-6-13)12-14-9-10-19-17-8-4-3-7-16(14)17/h3-4,7-8,13-15H,1-2,5-6,9-12,18H2. The molecule has 1 aliphatic heterocycles. The highest BCUT2D eigenvalue weighted by Crippen LogP contribution is 2.37. The van der Waals surface area contributed by atoms with E-state index in [4.69, 9.17) is 10.5 Å². The fourth-order valence-electron chi connectivity index (χ4n) is 3.80. The zero-order valence-electron chi connectivity index (χ0n) is 11.7. The summed E-state index contributed by atoms with van der Waals surface area (Å²) in [7, 11) is 0. The highest BCUT2D eigenvalue weighted by molar-refractivity contribution is 5.37. The average molecular weight is 259 g/mol. The van der Waals surface area contributed by atoms with Crippen LogP contribution >= 0.6 is 0 Å². The molecular formula is C17H25NO. The number of rotatable bonds is 4. The summed E-state index contributed by atoms with van der Waals surface area (Å²) < 4.78 is 5.73. The summed E-state index contributed by atoms with van der Waals surface area (Å²) in [6.07, 6.45) is 9.09. The molecule has 1 aromatic carbocycles. The number of hydrogen-bond donors (Lipinski definition) is 1. The van der Waals surface area contributed by atoms with Crippen LogP contribution in [0.5, 0.6) is 5.75 Å². The van der Waals surface area contributed by atoms with Crippen LogP contribution in [-0.4, -0.2) is 12.6 Å². The first-order chi connectivity index (χ1) is 9.33. The molecule has 2 nitrogen and oxygen atoms in total. The van der Waals surface area contributed by atoms with Gasteiger partial charge in [-0.25, -0.2) is 0 Å². The molecular weight excluding hydrogens is 234 g/mol. The van der Waals surface area contributed by atoms with E-state index in [2.05, 4.69) is 24.3 Å². The summed E-state index contributed by atoms with van der Waals surface area (Å²) in [5.74, 6) is 2.57. The quantitative estimate of drug-likeness (QED) is 0.891. The first-order valence-electron chi connectivity index (χ1n) is 7.80. The summed E-state index contributed by atoms with van der Waals surface area (Å²) in [5.41, 5.74) is 7.77. The number of ether oxygens (including phenoxy) is 1.